The van der Waals surface area contributed by atoms with Gasteiger partial charge in [0.05, 0.1) is 5.60 Å². The molecule has 0 spiro atoms. The predicted octanol–water partition coefficient (Wildman–Crippen LogP) is 2.69. The molecule has 0 aliphatic carbocycles. The fraction of sp³-hybridized carbons (Fsp3) is 0.556. The van der Waals surface area contributed by atoms with Crippen LogP contribution in [0, 0.1) is 13.8 Å². The summed E-state index contributed by atoms with van der Waals surface area (Å²) in [5.74, 6) is -1.44. The lowest BCUT2D eigenvalue weighted by Gasteiger charge is -2.27. The van der Waals surface area contributed by atoms with E-state index < -0.39 is 17.4 Å². The molecule has 0 saturated carbocycles. The van der Waals surface area contributed by atoms with Crippen molar-refractivity contribution in [1.29, 1.82) is 0 Å². The van der Waals surface area contributed by atoms with Crippen LogP contribution in [0.1, 0.15) is 50.7 Å². The van der Waals surface area contributed by atoms with Crippen molar-refractivity contribution in [1.82, 2.24) is 5.32 Å². The number of amides is 2. The molecule has 0 atom stereocenters. The molecule has 0 fully saturated rings. The molecule has 0 aromatic heterocycles. The Morgan fingerprint density at radius 2 is 1.52 bits per heavy atom. The average molecular weight is 320 g/mol. The molecule has 1 rings (SSSR count). The summed E-state index contributed by atoms with van der Waals surface area (Å²) in [4.78, 5) is 23.9. The quantitative estimate of drug-likeness (QED) is 0.676. The van der Waals surface area contributed by atoms with E-state index in [1.165, 1.54) is 0 Å². The molecule has 5 nitrogen and oxygen atoms in total. The molecule has 5 heteroatoms. The van der Waals surface area contributed by atoms with Gasteiger partial charge in [-0.05, 0) is 49.9 Å². The van der Waals surface area contributed by atoms with Crippen LogP contribution in [0.2, 0.25) is 0 Å². The largest absolute Gasteiger partial charge is 0.388 e. The van der Waals surface area contributed by atoms with E-state index in [1.807, 2.05) is 45.9 Å². The van der Waals surface area contributed by atoms with Crippen LogP contribution in [0.25, 0.3) is 0 Å². The minimum absolute atomic E-state index is 0.0911. The van der Waals surface area contributed by atoms with Gasteiger partial charge in [0.15, 0.2) is 0 Å². The Morgan fingerprint density at radius 3 is 2.00 bits per heavy atom. The van der Waals surface area contributed by atoms with E-state index in [9.17, 15) is 14.7 Å². The zero-order valence-corrected chi connectivity index (χ0v) is 14.5. The van der Waals surface area contributed by atoms with Crippen LogP contribution in [0.4, 0.5) is 5.69 Å². The molecule has 2 amide bonds. The van der Waals surface area contributed by atoms with E-state index in [-0.39, 0.29) is 6.54 Å². The highest BCUT2D eigenvalue weighted by molar-refractivity contribution is 6.39. The number of carbonyl (C=O) groups is 2. The van der Waals surface area contributed by atoms with Gasteiger partial charge < -0.3 is 15.7 Å². The summed E-state index contributed by atoms with van der Waals surface area (Å²) in [5.41, 5.74) is 1.68. The van der Waals surface area contributed by atoms with Gasteiger partial charge in [-0.15, -0.1) is 0 Å². The van der Waals surface area contributed by atoms with Crippen LogP contribution < -0.4 is 10.6 Å². The first-order valence-corrected chi connectivity index (χ1v) is 8.19. The second kappa shape index (κ2) is 8.67. The van der Waals surface area contributed by atoms with Crippen molar-refractivity contribution in [3.8, 4) is 0 Å². The first-order chi connectivity index (χ1) is 10.8. The van der Waals surface area contributed by atoms with Crippen LogP contribution in [-0.4, -0.2) is 29.1 Å². The second-order valence-electron chi connectivity index (χ2n) is 6.24. The van der Waals surface area contributed by atoms with Crippen molar-refractivity contribution >= 4 is 17.5 Å². The van der Waals surface area contributed by atoms with E-state index >= 15 is 0 Å². The van der Waals surface area contributed by atoms with E-state index in [2.05, 4.69) is 10.6 Å². The molecule has 23 heavy (non-hydrogen) atoms. The first kappa shape index (κ1) is 19.2. The van der Waals surface area contributed by atoms with Crippen molar-refractivity contribution < 1.29 is 14.7 Å². The molecule has 1 aromatic rings. The van der Waals surface area contributed by atoms with Gasteiger partial charge in [-0.1, -0.05) is 32.8 Å². The number of anilines is 1. The van der Waals surface area contributed by atoms with E-state index in [0.717, 1.165) is 24.0 Å². The monoisotopic (exact) mass is 320 g/mol. The van der Waals surface area contributed by atoms with Crippen molar-refractivity contribution in [3.05, 3.63) is 29.3 Å². The third-order valence-electron chi connectivity index (χ3n) is 3.69. The molecule has 0 saturated heterocycles. The number of aliphatic hydroxyl groups is 1. The Morgan fingerprint density at radius 1 is 1.00 bits per heavy atom. The molecule has 0 aliphatic heterocycles. The Bertz CT molecular complexity index is 529. The molecular formula is C18H28N2O3. The van der Waals surface area contributed by atoms with Crippen molar-refractivity contribution in [3.63, 3.8) is 0 Å². The summed E-state index contributed by atoms with van der Waals surface area (Å²) in [6.07, 6.45) is 2.84. The molecule has 3 N–H and O–H groups in total. The van der Waals surface area contributed by atoms with Crippen molar-refractivity contribution in [2.75, 3.05) is 11.9 Å². The minimum Gasteiger partial charge on any atom is -0.388 e. The van der Waals surface area contributed by atoms with Crippen molar-refractivity contribution in [2.45, 2.75) is 59.0 Å². The topological polar surface area (TPSA) is 78.4 Å². The summed E-state index contributed by atoms with van der Waals surface area (Å²) in [6.45, 7) is 7.91. The normalized spacial score (nSPS) is 11.2. The van der Waals surface area contributed by atoms with Crippen LogP contribution in [0.5, 0.6) is 0 Å². The van der Waals surface area contributed by atoms with Gasteiger partial charge in [-0.3, -0.25) is 9.59 Å². The minimum atomic E-state index is -0.945. The lowest BCUT2D eigenvalue weighted by Crippen LogP contribution is -2.46. The lowest BCUT2D eigenvalue weighted by molar-refractivity contribution is -0.137. The van der Waals surface area contributed by atoms with Crippen LogP contribution in [0.3, 0.4) is 0 Å². The standard InChI is InChI=1S/C18H28N2O3/c1-5-7-18(23,8-6-2)12-19-16(21)17(22)20-15-10-13(3)9-14(4)11-15/h9-11,23H,5-8,12H2,1-4H3,(H,19,21)(H,20,22). The third kappa shape index (κ3) is 6.40. The van der Waals surface area contributed by atoms with Gasteiger partial charge in [-0.2, -0.15) is 0 Å². The molecular weight excluding hydrogens is 292 g/mol. The van der Waals surface area contributed by atoms with Crippen molar-refractivity contribution in [2.24, 2.45) is 0 Å². The maximum Gasteiger partial charge on any atom is 0.313 e. The smallest absolute Gasteiger partial charge is 0.313 e. The molecule has 0 radical (unpaired) electrons. The summed E-state index contributed by atoms with van der Waals surface area (Å²) in [5, 5.41) is 15.6. The Kier molecular flexibility index (Phi) is 7.23. The molecule has 0 bridgehead atoms. The number of carbonyl (C=O) groups excluding carboxylic acids is 2. The zero-order valence-electron chi connectivity index (χ0n) is 14.5. The SMILES string of the molecule is CCCC(O)(CCC)CNC(=O)C(=O)Nc1cc(C)cc(C)c1. The van der Waals surface area contributed by atoms with Gasteiger partial charge >= 0.3 is 11.8 Å². The van der Waals surface area contributed by atoms with Gasteiger partial charge in [0.25, 0.3) is 0 Å². The molecule has 128 valence electrons. The van der Waals surface area contributed by atoms with E-state index in [0.29, 0.717) is 18.5 Å². The number of hydrogen-bond acceptors (Lipinski definition) is 3. The average Bonchev–Trinajstić information content (AvgIpc) is 2.44. The van der Waals surface area contributed by atoms with Gasteiger partial charge in [0.2, 0.25) is 0 Å². The Labute approximate surface area is 138 Å². The number of hydrogen-bond donors (Lipinski definition) is 3. The predicted molar refractivity (Wildman–Crippen MR) is 92.3 cm³/mol. The first-order valence-electron chi connectivity index (χ1n) is 8.19. The maximum atomic E-state index is 12.0. The van der Waals surface area contributed by atoms with Gasteiger partial charge in [0, 0.05) is 12.2 Å². The summed E-state index contributed by atoms with van der Waals surface area (Å²) in [6, 6.07) is 5.61. The third-order valence-corrected chi connectivity index (χ3v) is 3.69. The van der Waals surface area contributed by atoms with Gasteiger partial charge in [-0.25, -0.2) is 0 Å². The second-order valence-corrected chi connectivity index (χ2v) is 6.24. The summed E-state index contributed by atoms with van der Waals surface area (Å²) >= 11 is 0. The maximum absolute atomic E-state index is 12.0. The number of rotatable bonds is 7. The summed E-state index contributed by atoms with van der Waals surface area (Å²) < 4.78 is 0. The van der Waals surface area contributed by atoms with Gasteiger partial charge in [0.1, 0.15) is 0 Å². The molecule has 1 aromatic carbocycles. The fourth-order valence-corrected chi connectivity index (χ4v) is 2.79. The Hall–Kier alpha value is -1.88. The number of benzene rings is 1. The highest BCUT2D eigenvalue weighted by Crippen LogP contribution is 2.18. The van der Waals surface area contributed by atoms with E-state index in [1.54, 1.807) is 0 Å². The lowest BCUT2D eigenvalue weighted by atomic mass is 9.92. The fourth-order valence-electron chi connectivity index (χ4n) is 2.79. The molecule has 0 heterocycles. The summed E-state index contributed by atoms with van der Waals surface area (Å²) in [7, 11) is 0. The highest BCUT2D eigenvalue weighted by atomic mass is 16.3. The number of aryl methyl sites for hydroxylation is 2. The van der Waals surface area contributed by atoms with Crippen LogP contribution in [-0.2, 0) is 9.59 Å². The Balaban J connectivity index is 2.61. The molecule has 0 unspecified atom stereocenters. The zero-order chi connectivity index (χ0) is 17.5. The van der Waals surface area contributed by atoms with Crippen LogP contribution in [0.15, 0.2) is 18.2 Å². The number of nitrogens with one attached hydrogen (secondary N) is 2. The highest BCUT2D eigenvalue weighted by Gasteiger charge is 2.26. The van der Waals surface area contributed by atoms with Crippen LogP contribution >= 0.6 is 0 Å². The van der Waals surface area contributed by atoms with E-state index in [4.69, 9.17) is 0 Å². The molecule has 0 aliphatic rings.